The second kappa shape index (κ2) is 7.96. The molecular weight excluding hydrogens is 348 g/mol. The number of hydrogen-bond acceptors (Lipinski definition) is 4. The Morgan fingerprint density at radius 3 is 2.48 bits per heavy atom. The number of aliphatic carboxylic acids is 1. The van der Waals surface area contributed by atoms with Gasteiger partial charge in [0.25, 0.3) is 0 Å². The molecule has 0 amide bonds. The minimum atomic E-state index is -1.62. The van der Waals surface area contributed by atoms with Crippen LogP contribution in [0.4, 0.5) is 0 Å². The summed E-state index contributed by atoms with van der Waals surface area (Å²) in [4.78, 5) is 11.7. The SMILES string of the molecule is COc1ccc(C[S+]([O-])CC(=O)O)cc1S[Si](C)(C)C(C)(C)C. The van der Waals surface area contributed by atoms with Gasteiger partial charge in [0.1, 0.15) is 18.7 Å². The van der Waals surface area contributed by atoms with E-state index < -0.39 is 24.4 Å². The van der Waals surface area contributed by atoms with Crippen LogP contribution >= 0.6 is 11.2 Å². The van der Waals surface area contributed by atoms with E-state index in [-0.39, 0.29) is 16.5 Å². The fraction of sp³-hybridized carbons (Fsp3) is 0.562. The normalized spacial score (nSPS) is 13.7. The van der Waals surface area contributed by atoms with Gasteiger partial charge in [0, 0.05) is 10.5 Å². The molecule has 1 atom stereocenters. The third kappa shape index (κ3) is 6.06. The van der Waals surface area contributed by atoms with Gasteiger partial charge in [-0.25, -0.2) is 4.79 Å². The zero-order chi connectivity index (χ0) is 17.8. The molecule has 0 heterocycles. The molecule has 0 aliphatic carbocycles. The van der Waals surface area contributed by atoms with E-state index in [9.17, 15) is 9.35 Å². The van der Waals surface area contributed by atoms with E-state index >= 15 is 0 Å². The third-order valence-electron chi connectivity index (χ3n) is 4.01. The van der Waals surface area contributed by atoms with Crippen molar-refractivity contribution in [2.45, 2.75) is 49.6 Å². The first-order chi connectivity index (χ1) is 10.5. The van der Waals surface area contributed by atoms with Crippen molar-refractivity contribution in [1.82, 2.24) is 0 Å². The van der Waals surface area contributed by atoms with Gasteiger partial charge in [0.2, 0.25) is 5.75 Å². The van der Waals surface area contributed by atoms with Crippen LogP contribution in [0.2, 0.25) is 18.1 Å². The number of methoxy groups -OCH3 is 1. The molecule has 0 aliphatic rings. The van der Waals surface area contributed by atoms with Crippen molar-refractivity contribution in [3.63, 3.8) is 0 Å². The maximum absolute atomic E-state index is 11.8. The lowest BCUT2D eigenvalue weighted by Gasteiger charge is -2.36. The zero-order valence-corrected chi connectivity index (χ0v) is 17.3. The van der Waals surface area contributed by atoms with Gasteiger partial charge in [-0.3, -0.25) is 0 Å². The van der Waals surface area contributed by atoms with Crippen molar-refractivity contribution in [1.29, 1.82) is 0 Å². The molecule has 1 N–H and O–H groups in total. The minimum absolute atomic E-state index is 0.227. The molecule has 1 aromatic rings. The fourth-order valence-electron chi connectivity index (χ4n) is 1.69. The van der Waals surface area contributed by atoms with Crippen molar-refractivity contribution in [3.8, 4) is 5.75 Å². The summed E-state index contributed by atoms with van der Waals surface area (Å²) in [7, 11) is 0.0304. The molecule has 0 saturated carbocycles. The molecule has 1 aromatic carbocycles. The molecular formula is C16H26O4S2Si. The van der Waals surface area contributed by atoms with E-state index in [1.165, 1.54) is 0 Å². The molecule has 4 nitrogen and oxygen atoms in total. The van der Waals surface area contributed by atoms with Gasteiger partial charge in [-0.2, -0.15) is 0 Å². The molecule has 7 heteroatoms. The van der Waals surface area contributed by atoms with Crippen LogP contribution in [-0.2, 0) is 21.7 Å². The first kappa shape index (κ1) is 20.4. The predicted molar refractivity (Wildman–Crippen MR) is 100 cm³/mol. The quantitative estimate of drug-likeness (QED) is 0.574. The molecule has 23 heavy (non-hydrogen) atoms. The highest BCUT2D eigenvalue weighted by atomic mass is 32.4. The molecule has 0 bridgehead atoms. The van der Waals surface area contributed by atoms with E-state index in [2.05, 4.69) is 33.9 Å². The average molecular weight is 375 g/mol. The number of carboxylic acids is 1. The Labute approximate surface area is 146 Å². The highest BCUT2D eigenvalue weighted by Crippen LogP contribution is 2.48. The average Bonchev–Trinajstić information content (AvgIpc) is 2.36. The largest absolute Gasteiger partial charge is 0.616 e. The lowest BCUT2D eigenvalue weighted by Crippen LogP contribution is -2.33. The Balaban J connectivity index is 3.02. The summed E-state index contributed by atoms with van der Waals surface area (Å²) in [5, 5.41) is 8.96. The van der Waals surface area contributed by atoms with Crippen molar-refractivity contribution < 1.29 is 19.2 Å². The molecule has 0 saturated heterocycles. The van der Waals surface area contributed by atoms with E-state index in [4.69, 9.17) is 9.84 Å². The van der Waals surface area contributed by atoms with Gasteiger partial charge in [-0.1, -0.05) is 39.9 Å². The van der Waals surface area contributed by atoms with E-state index in [1.54, 1.807) is 7.11 Å². The Bertz CT molecular complexity index is 556. The second-order valence-corrected chi connectivity index (χ2v) is 17.3. The van der Waals surface area contributed by atoms with Crippen LogP contribution < -0.4 is 4.74 Å². The van der Waals surface area contributed by atoms with Crippen molar-refractivity contribution in [2.24, 2.45) is 0 Å². The summed E-state index contributed by atoms with van der Waals surface area (Å²) >= 11 is 0.461. The molecule has 1 unspecified atom stereocenters. The van der Waals surface area contributed by atoms with Crippen LogP contribution in [0.25, 0.3) is 0 Å². The molecule has 0 radical (unpaired) electrons. The molecule has 0 fully saturated rings. The Kier molecular flexibility index (Phi) is 7.06. The summed E-state index contributed by atoms with van der Waals surface area (Å²) in [6, 6.07) is 5.72. The van der Waals surface area contributed by atoms with Crippen LogP contribution in [0, 0.1) is 0 Å². The highest BCUT2D eigenvalue weighted by molar-refractivity contribution is 8.29. The molecule has 1 rings (SSSR count). The summed E-state index contributed by atoms with van der Waals surface area (Å²) in [6.45, 7) is 11.4. The Morgan fingerprint density at radius 1 is 1.39 bits per heavy atom. The standard InChI is InChI=1S/C16H26O4S2Si/c1-16(2,3)23(5,6)21-14-9-12(7-8-13(14)20-4)10-22(19)11-15(17)18/h7-9H,10-11H2,1-6H3,(H,17,18). The molecule has 130 valence electrons. The Hall–Kier alpha value is -0.633. The maximum atomic E-state index is 11.8. The van der Waals surface area contributed by atoms with E-state index in [1.807, 2.05) is 29.4 Å². The lowest BCUT2D eigenvalue weighted by atomic mass is 10.2. The van der Waals surface area contributed by atoms with Gasteiger partial charge < -0.3 is 14.4 Å². The molecule has 0 spiro atoms. The van der Waals surface area contributed by atoms with Crippen molar-refractivity contribution in [2.75, 3.05) is 12.9 Å². The predicted octanol–water partition coefficient (Wildman–Crippen LogP) is 4.13. The van der Waals surface area contributed by atoms with E-state index in [0.29, 0.717) is 0 Å². The summed E-state index contributed by atoms with van der Waals surface area (Å²) < 4.78 is 17.3. The number of ether oxygens (including phenoxy) is 1. The van der Waals surface area contributed by atoms with Gasteiger partial charge in [0.15, 0.2) is 0 Å². The zero-order valence-electron chi connectivity index (χ0n) is 14.6. The van der Waals surface area contributed by atoms with Gasteiger partial charge >= 0.3 is 5.97 Å². The van der Waals surface area contributed by atoms with Crippen LogP contribution in [0.5, 0.6) is 5.75 Å². The van der Waals surface area contributed by atoms with Crippen LogP contribution in [0.1, 0.15) is 26.3 Å². The molecule has 0 aliphatic heterocycles. The van der Waals surface area contributed by atoms with Crippen molar-refractivity contribution >= 4 is 35.6 Å². The van der Waals surface area contributed by atoms with Crippen molar-refractivity contribution in [3.05, 3.63) is 23.8 Å². The smallest absolute Gasteiger partial charge is 0.353 e. The van der Waals surface area contributed by atoms with Crippen LogP contribution in [0.3, 0.4) is 0 Å². The lowest BCUT2D eigenvalue weighted by molar-refractivity contribution is -0.134. The Morgan fingerprint density at radius 2 is 2.00 bits per heavy atom. The maximum Gasteiger partial charge on any atom is 0.353 e. The number of rotatable bonds is 7. The monoisotopic (exact) mass is 374 g/mol. The number of hydrogen-bond donors (Lipinski definition) is 1. The van der Waals surface area contributed by atoms with Gasteiger partial charge in [0.05, 0.1) is 7.11 Å². The van der Waals surface area contributed by atoms with Crippen LogP contribution in [0.15, 0.2) is 23.1 Å². The fourth-order valence-corrected chi connectivity index (χ4v) is 6.99. The number of carboxylic acid groups (broad SMARTS) is 1. The topological polar surface area (TPSA) is 69.6 Å². The molecule has 0 aromatic heterocycles. The minimum Gasteiger partial charge on any atom is -0.616 e. The third-order valence-corrected chi connectivity index (χ3v) is 13.9. The van der Waals surface area contributed by atoms with E-state index in [0.717, 1.165) is 16.2 Å². The second-order valence-electron chi connectivity index (χ2n) is 6.97. The highest BCUT2D eigenvalue weighted by Gasteiger charge is 2.37. The summed E-state index contributed by atoms with van der Waals surface area (Å²) in [5.41, 5.74) is 0.881. The first-order valence-electron chi connectivity index (χ1n) is 7.39. The summed E-state index contributed by atoms with van der Waals surface area (Å²) in [6.07, 6.45) is 0. The summed E-state index contributed by atoms with van der Waals surface area (Å²) in [5.74, 6) is -0.293. The van der Waals surface area contributed by atoms with Crippen LogP contribution in [-0.4, -0.2) is 35.7 Å². The number of benzene rings is 1. The van der Waals surface area contributed by atoms with Gasteiger partial charge in [-0.05, 0) is 28.3 Å². The number of carbonyl (C=O) groups is 1. The van der Waals surface area contributed by atoms with Gasteiger partial charge in [-0.15, -0.1) is 11.2 Å². The first-order valence-corrected chi connectivity index (χ1v) is 13.4.